The van der Waals surface area contributed by atoms with Gasteiger partial charge in [0.1, 0.15) is 5.82 Å². The molecule has 1 amide bonds. The number of aromatic nitrogens is 3. The molecule has 0 bridgehead atoms. The molecule has 32 heavy (non-hydrogen) atoms. The number of amides is 1. The van der Waals surface area contributed by atoms with E-state index in [1.54, 1.807) is 0 Å². The molecule has 0 atom stereocenters. The highest BCUT2D eigenvalue weighted by atomic mass is 35.5. The minimum atomic E-state index is 0.0392. The van der Waals surface area contributed by atoms with E-state index < -0.39 is 0 Å². The molecule has 9 heteroatoms. The molecule has 1 fully saturated rings. The summed E-state index contributed by atoms with van der Waals surface area (Å²) in [5.41, 5.74) is 2.05. The molecule has 3 aromatic rings. The minimum absolute atomic E-state index is 0.0392. The number of H-pyrrole nitrogens is 1. The molecule has 1 aliphatic rings. The number of carbonyl (C=O) groups excluding carboxylic acids is 1. The molecule has 2 N–H and O–H groups in total. The summed E-state index contributed by atoms with van der Waals surface area (Å²) >= 11 is 18.0. The van der Waals surface area contributed by atoms with Gasteiger partial charge in [0.15, 0.2) is 5.82 Å². The summed E-state index contributed by atoms with van der Waals surface area (Å²) in [6, 6.07) is 13.3. The fraction of sp³-hybridized carbons (Fsp3) is 0.348. The van der Waals surface area contributed by atoms with Gasteiger partial charge in [-0.15, -0.1) is 10.2 Å². The van der Waals surface area contributed by atoms with Gasteiger partial charge in [-0.3, -0.25) is 9.69 Å². The molecule has 1 saturated heterocycles. The molecule has 1 aromatic heterocycles. The lowest BCUT2D eigenvalue weighted by Gasteiger charge is -2.32. The van der Waals surface area contributed by atoms with Gasteiger partial charge in [-0.05, 0) is 54.8 Å². The van der Waals surface area contributed by atoms with Crippen molar-refractivity contribution in [1.29, 1.82) is 0 Å². The lowest BCUT2D eigenvalue weighted by atomic mass is 10.0. The second-order valence-corrected chi connectivity index (χ2v) is 9.24. The summed E-state index contributed by atoms with van der Waals surface area (Å²) in [7, 11) is 0. The van der Waals surface area contributed by atoms with E-state index >= 15 is 0 Å². The first kappa shape index (κ1) is 23.1. The first-order valence-corrected chi connectivity index (χ1v) is 11.7. The number of likely N-dealkylation sites (tertiary alicyclic amines) is 1. The number of nitrogens with zero attached hydrogens (tertiary/aromatic N) is 3. The fourth-order valence-corrected chi connectivity index (χ4v) is 4.26. The van der Waals surface area contributed by atoms with Crippen LogP contribution in [0.4, 0.5) is 0 Å². The van der Waals surface area contributed by atoms with Gasteiger partial charge in [0, 0.05) is 49.1 Å². The molecule has 0 radical (unpaired) electrons. The molecule has 1 aliphatic heterocycles. The van der Waals surface area contributed by atoms with Crippen LogP contribution in [0.5, 0.6) is 0 Å². The number of nitrogens with one attached hydrogen (secondary N) is 2. The fourth-order valence-electron chi connectivity index (χ4n) is 3.81. The highest BCUT2D eigenvalue weighted by Crippen LogP contribution is 2.24. The Kier molecular flexibility index (Phi) is 7.68. The SMILES string of the molecule is O=C(CCc1nnc(-c2ccc(Cl)cc2)[nH]1)NC1CCN(Cc2ccc(Cl)c(Cl)c2)CC1. The number of aromatic amines is 1. The van der Waals surface area contributed by atoms with E-state index in [0.717, 1.165) is 43.6 Å². The van der Waals surface area contributed by atoms with Gasteiger partial charge in [-0.1, -0.05) is 40.9 Å². The highest BCUT2D eigenvalue weighted by Gasteiger charge is 2.21. The lowest BCUT2D eigenvalue weighted by Crippen LogP contribution is -2.44. The van der Waals surface area contributed by atoms with E-state index in [-0.39, 0.29) is 11.9 Å². The Hall–Kier alpha value is -2.12. The molecule has 0 spiro atoms. The van der Waals surface area contributed by atoms with Crippen LogP contribution in [-0.4, -0.2) is 45.1 Å². The van der Waals surface area contributed by atoms with Crippen molar-refractivity contribution in [3.05, 3.63) is 68.9 Å². The standard InChI is InChI=1S/C23H24Cl3N5O/c24-17-4-2-16(3-5-17)23-28-21(29-30-23)7-8-22(32)27-18-9-11-31(12-10-18)14-15-1-6-19(25)20(26)13-15/h1-6,13,18H,7-12,14H2,(H,27,32)(H,28,29,30). The summed E-state index contributed by atoms with van der Waals surface area (Å²) in [6.45, 7) is 2.69. The molecule has 2 heterocycles. The van der Waals surface area contributed by atoms with E-state index in [1.807, 2.05) is 42.5 Å². The number of carbonyl (C=O) groups is 1. The summed E-state index contributed by atoms with van der Waals surface area (Å²) in [5, 5.41) is 13.3. The van der Waals surface area contributed by atoms with Crippen LogP contribution in [0.3, 0.4) is 0 Å². The van der Waals surface area contributed by atoms with Gasteiger partial charge >= 0.3 is 0 Å². The highest BCUT2D eigenvalue weighted by molar-refractivity contribution is 6.42. The summed E-state index contributed by atoms with van der Waals surface area (Å²) < 4.78 is 0. The minimum Gasteiger partial charge on any atom is -0.353 e. The average Bonchev–Trinajstić information content (AvgIpc) is 3.26. The summed E-state index contributed by atoms with van der Waals surface area (Å²) in [6.07, 6.45) is 2.74. The molecule has 0 unspecified atom stereocenters. The second-order valence-electron chi connectivity index (χ2n) is 7.99. The van der Waals surface area contributed by atoms with Crippen molar-refractivity contribution in [3.8, 4) is 11.4 Å². The predicted octanol–water partition coefficient (Wildman–Crippen LogP) is 5.15. The maximum Gasteiger partial charge on any atom is 0.220 e. The van der Waals surface area contributed by atoms with Gasteiger partial charge in [0.2, 0.25) is 5.91 Å². The van der Waals surface area contributed by atoms with E-state index in [9.17, 15) is 4.79 Å². The zero-order valence-corrected chi connectivity index (χ0v) is 19.7. The number of piperidine rings is 1. The zero-order valence-electron chi connectivity index (χ0n) is 17.5. The predicted molar refractivity (Wildman–Crippen MR) is 128 cm³/mol. The Morgan fingerprint density at radius 3 is 2.50 bits per heavy atom. The van der Waals surface area contributed by atoms with Crippen molar-refractivity contribution in [3.63, 3.8) is 0 Å². The third-order valence-electron chi connectivity index (χ3n) is 5.58. The third-order valence-corrected chi connectivity index (χ3v) is 6.57. The quantitative estimate of drug-likeness (QED) is 0.479. The van der Waals surface area contributed by atoms with Gasteiger partial charge in [-0.25, -0.2) is 0 Å². The van der Waals surface area contributed by atoms with Crippen LogP contribution < -0.4 is 5.32 Å². The number of rotatable bonds is 7. The van der Waals surface area contributed by atoms with Crippen LogP contribution in [-0.2, 0) is 17.8 Å². The summed E-state index contributed by atoms with van der Waals surface area (Å²) in [4.78, 5) is 18.0. The molecule has 6 nitrogen and oxygen atoms in total. The molecular formula is C23H24Cl3N5O. The second kappa shape index (κ2) is 10.7. The Morgan fingerprint density at radius 1 is 1.03 bits per heavy atom. The van der Waals surface area contributed by atoms with Crippen molar-refractivity contribution in [1.82, 2.24) is 25.4 Å². The van der Waals surface area contributed by atoms with Crippen molar-refractivity contribution in [2.75, 3.05) is 13.1 Å². The van der Waals surface area contributed by atoms with E-state index in [0.29, 0.717) is 39.6 Å². The third kappa shape index (κ3) is 6.23. The molecule has 0 aliphatic carbocycles. The summed E-state index contributed by atoms with van der Waals surface area (Å²) in [5.74, 6) is 1.41. The maximum absolute atomic E-state index is 12.4. The van der Waals surface area contributed by atoms with Gasteiger partial charge in [0.05, 0.1) is 10.0 Å². The van der Waals surface area contributed by atoms with Crippen molar-refractivity contribution in [2.24, 2.45) is 0 Å². The van der Waals surface area contributed by atoms with E-state index in [1.165, 1.54) is 0 Å². The van der Waals surface area contributed by atoms with Crippen LogP contribution in [0.1, 0.15) is 30.7 Å². The van der Waals surface area contributed by atoms with Gasteiger partial charge in [0.25, 0.3) is 0 Å². The number of aryl methyl sites for hydroxylation is 1. The Bertz CT molecular complexity index is 1060. The maximum atomic E-state index is 12.4. The first-order chi connectivity index (χ1) is 15.5. The largest absolute Gasteiger partial charge is 0.353 e. The van der Waals surface area contributed by atoms with E-state index in [4.69, 9.17) is 34.8 Å². The average molecular weight is 493 g/mol. The number of halogens is 3. The normalized spacial score (nSPS) is 15.1. The Labute approximate surface area is 202 Å². The number of hydrogen-bond donors (Lipinski definition) is 2. The molecule has 0 saturated carbocycles. The monoisotopic (exact) mass is 491 g/mol. The topological polar surface area (TPSA) is 73.9 Å². The van der Waals surface area contributed by atoms with Crippen molar-refractivity contribution in [2.45, 2.75) is 38.3 Å². The van der Waals surface area contributed by atoms with Crippen molar-refractivity contribution < 1.29 is 4.79 Å². The Balaban J connectivity index is 1.19. The van der Waals surface area contributed by atoms with Crippen LogP contribution >= 0.6 is 34.8 Å². The molecular weight excluding hydrogens is 469 g/mol. The van der Waals surface area contributed by atoms with Gasteiger partial charge < -0.3 is 10.3 Å². The van der Waals surface area contributed by atoms with Crippen LogP contribution in [0.25, 0.3) is 11.4 Å². The van der Waals surface area contributed by atoms with E-state index in [2.05, 4.69) is 25.4 Å². The lowest BCUT2D eigenvalue weighted by molar-refractivity contribution is -0.122. The first-order valence-electron chi connectivity index (χ1n) is 10.6. The molecule has 168 valence electrons. The number of hydrogen-bond acceptors (Lipinski definition) is 4. The zero-order chi connectivity index (χ0) is 22.5. The van der Waals surface area contributed by atoms with Gasteiger partial charge in [-0.2, -0.15) is 0 Å². The Morgan fingerprint density at radius 2 is 1.78 bits per heavy atom. The smallest absolute Gasteiger partial charge is 0.220 e. The van der Waals surface area contributed by atoms with Crippen molar-refractivity contribution >= 4 is 40.7 Å². The van der Waals surface area contributed by atoms with Crippen LogP contribution in [0.2, 0.25) is 15.1 Å². The number of benzene rings is 2. The molecule has 2 aromatic carbocycles. The van der Waals surface area contributed by atoms with Crippen LogP contribution in [0, 0.1) is 0 Å². The van der Waals surface area contributed by atoms with Crippen LogP contribution in [0.15, 0.2) is 42.5 Å². The molecule has 4 rings (SSSR count).